The normalized spacial score (nSPS) is 16.7. The molecule has 0 spiro atoms. The molecule has 1 saturated heterocycles. The summed E-state index contributed by atoms with van der Waals surface area (Å²) in [5.74, 6) is -1.02. The number of carbonyl (C=O) groups excluding carboxylic acids is 3. The van der Waals surface area contributed by atoms with Crippen LogP contribution < -0.4 is 16.0 Å². The summed E-state index contributed by atoms with van der Waals surface area (Å²) >= 11 is 1.33. The van der Waals surface area contributed by atoms with Crippen molar-refractivity contribution in [3.8, 4) is 0 Å². The Bertz CT molecular complexity index is 948. The molecule has 1 unspecified atom stereocenters. The third-order valence-electron chi connectivity index (χ3n) is 5.21. The summed E-state index contributed by atoms with van der Waals surface area (Å²) in [6, 6.07) is 7.86. The predicted octanol–water partition coefficient (Wildman–Crippen LogP) is 3.58. The van der Waals surface area contributed by atoms with Crippen molar-refractivity contribution < 1.29 is 14.4 Å². The number of amides is 3. The predicted molar refractivity (Wildman–Crippen MR) is 112 cm³/mol. The van der Waals surface area contributed by atoms with Crippen LogP contribution in [0.15, 0.2) is 24.3 Å². The number of nitrogens with one attached hydrogen (secondary N) is 1. The van der Waals surface area contributed by atoms with Crippen molar-refractivity contribution in [1.29, 1.82) is 0 Å². The number of primary amides is 1. The Morgan fingerprint density at radius 1 is 1.29 bits per heavy atom. The molecule has 1 atom stereocenters. The molecule has 1 aromatic heterocycles. The van der Waals surface area contributed by atoms with E-state index in [1.807, 2.05) is 38.1 Å². The largest absolute Gasteiger partial charge is 0.365 e. The summed E-state index contributed by atoms with van der Waals surface area (Å²) in [7, 11) is 0. The monoisotopic (exact) mass is 399 g/mol. The minimum atomic E-state index is -0.563. The SMILES string of the molecule is Cc1sc(NC(=O)C2CC(=O)N(c3cccc(C(C)C)c3)C2)c(C(N)=O)c1C. The van der Waals surface area contributed by atoms with Crippen LogP contribution in [0.5, 0.6) is 0 Å². The van der Waals surface area contributed by atoms with Crippen LogP contribution in [0, 0.1) is 19.8 Å². The van der Waals surface area contributed by atoms with E-state index in [1.54, 1.807) is 4.90 Å². The lowest BCUT2D eigenvalue weighted by atomic mass is 10.0. The van der Waals surface area contributed by atoms with E-state index in [4.69, 9.17) is 5.73 Å². The molecule has 3 amide bonds. The molecule has 1 aromatic carbocycles. The molecule has 7 heteroatoms. The van der Waals surface area contributed by atoms with Gasteiger partial charge in [0.25, 0.3) is 5.91 Å². The van der Waals surface area contributed by atoms with Crippen LogP contribution in [0.2, 0.25) is 0 Å². The molecule has 0 bridgehead atoms. The fourth-order valence-corrected chi connectivity index (χ4v) is 4.48. The van der Waals surface area contributed by atoms with E-state index in [1.165, 1.54) is 11.3 Å². The smallest absolute Gasteiger partial charge is 0.251 e. The number of benzene rings is 1. The fourth-order valence-electron chi connectivity index (χ4n) is 3.41. The first-order chi connectivity index (χ1) is 13.2. The van der Waals surface area contributed by atoms with Crippen molar-refractivity contribution in [3.63, 3.8) is 0 Å². The van der Waals surface area contributed by atoms with Gasteiger partial charge >= 0.3 is 0 Å². The van der Waals surface area contributed by atoms with E-state index in [-0.39, 0.29) is 18.2 Å². The Morgan fingerprint density at radius 2 is 2.00 bits per heavy atom. The van der Waals surface area contributed by atoms with Crippen LogP contribution >= 0.6 is 11.3 Å². The van der Waals surface area contributed by atoms with Gasteiger partial charge in [-0.2, -0.15) is 0 Å². The van der Waals surface area contributed by atoms with Gasteiger partial charge in [0.15, 0.2) is 0 Å². The zero-order valence-corrected chi connectivity index (χ0v) is 17.4. The molecule has 0 aliphatic carbocycles. The van der Waals surface area contributed by atoms with Gasteiger partial charge in [-0.15, -0.1) is 11.3 Å². The van der Waals surface area contributed by atoms with Crippen LogP contribution in [-0.4, -0.2) is 24.3 Å². The quantitative estimate of drug-likeness (QED) is 0.805. The molecule has 3 N–H and O–H groups in total. The second-order valence-corrected chi connectivity index (χ2v) is 8.72. The highest BCUT2D eigenvalue weighted by molar-refractivity contribution is 7.16. The first-order valence-corrected chi connectivity index (χ1v) is 10.1. The van der Waals surface area contributed by atoms with E-state index in [2.05, 4.69) is 19.2 Å². The lowest BCUT2D eigenvalue weighted by Gasteiger charge is -2.18. The highest BCUT2D eigenvalue weighted by Crippen LogP contribution is 2.34. The van der Waals surface area contributed by atoms with E-state index in [9.17, 15) is 14.4 Å². The lowest BCUT2D eigenvalue weighted by Crippen LogP contribution is -2.28. The molecule has 0 saturated carbocycles. The maximum absolute atomic E-state index is 12.8. The second kappa shape index (κ2) is 7.75. The molecule has 1 fully saturated rings. The first kappa shape index (κ1) is 20.1. The summed E-state index contributed by atoms with van der Waals surface area (Å²) in [5.41, 5.74) is 8.56. The van der Waals surface area contributed by atoms with E-state index in [0.717, 1.165) is 21.7 Å². The molecule has 1 aliphatic heterocycles. The number of hydrogen-bond donors (Lipinski definition) is 2. The van der Waals surface area contributed by atoms with Crippen molar-refractivity contribution >= 4 is 39.7 Å². The third-order valence-corrected chi connectivity index (χ3v) is 6.34. The Hall–Kier alpha value is -2.67. The lowest BCUT2D eigenvalue weighted by molar-refractivity contribution is -0.122. The second-order valence-electron chi connectivity index (χ2n) is 7.50. The highest BCUT2D eigenvalue weighted by Gasteiger charge is 2.36. The molecular weight excluding hydrogens is 374 g/mol. The molecule has 1 aliphatic rings. The Morgan fingerprint density at radius 3 is 2.64 bits per heavy atom. The van der Waals surface area contributed by atoms with Crippen molar-refractivity contribution in [2.45, 2.75) is 40.0 Å². The van der Waals surface area contributed by atoms with Gasteiger partial charge in [0.1, 0.15) is 5.00 Å². The Labute approximate surface area is 168 Å². The fraction of sp³-hybridized carbons (Fsp3) is 0.381. The van der Waals surface area contributed by atoms with Gasteiger partial charge in [-0.25, -0.2) is 0 Å². The van der Waals surface area contributed by atoms with Gasteiger partial charge in [0.2, 0.25) is 11.8 Å². The van der Waals surface area contributed by atoms with Gasteiger partial charge in [-0.3, -0.25) is 14.4 Å². The minimum absolute atomic E-state index is 0.0743. The number of nitrogens with zero attached hydrogens (tertiary/aromatic N) is 1. The number of nitrogens with two attached hydrogens (primary N) is 1. The summed E-state index contributed by atoms with van der Waals surface area (Å²) in [6.45, 7) is 8.21. The van der Waals surface area contributed by atoms with Gasteiger partial charge < -0.3 is 16.0 Å². The van der Waals surface area contributed by atoms with Crippen LogP contribution in [0.25, 0.3) is 0 Å². The first-order valence-electron chi connectivity index (χ1n) is 9.30. The maximum Gasteiger partial charge on any atom is 0.251 e. The Balaban J connectivity index is 1.77. The zero-order chi connectivity index (χ0) is 20.6. The number of rotatable bonds is 5. The maximum atomic E-state index is 12.8. The zero-order valence-electron chi connectivity index (χ0n) is 16.5. The summed E-state index contributed by atoms with van der Waals surface area (Å²) in [6.07, 6.45) is 0.146. The number of thiophene rings is 1. The average Bonchev–Trinajstić information content (AvgIpc) is 3.15. The van der Waals surface area contributed by atoms with Gasteiger partial charge in [-0.05, 0) is 43.0 Å². The minimum Gasteiger partial charge on any atom is -0.365 e. The van der Waals surface area contributed by atoms with Crippen LogP contribution in [0.4, 0.5) is 10.7 Å². The molecular formula is C21H25N3O3S. The average molecular weight is 400 g/mol. The molecule has 0 radical (unpaired) electrons. The van der Waals surface area contributed by atoms with Crippen molar-refractivity contribution in [2.24, 2.45) is 11.7 Å². The van der Waals surface area contributed by atoms with E-state index < -0.39 is 11.8 Å². The van der Waals surface area contributed by atoms with Crippen molar-refractivity contribution in [1.82, 2.24) is 0 Å². The van der Waals surface area contributed by atoms with Crippen molar-refractivity contribution in [2.75, 3.05) is 16.8 Å². The molecule has 3 rings (SSSR count). The molecule has 28 heavy (non-hydrogen) atoms. The van der Waals surface area contributed by atoms with E-state index in [0.29, 0.717) is 23.0 Å². The molecule has 2 aromatic rings. The molecule has 6 nitrogen and oxygen atoms in total. The molecule has 148 valence electrons. The standard InChI is InChI=1S/C21H25N3O3S/c1-11(2)14-6-5-7-16(8-14)24-10-15(9-17(24)25)20(27)23-21-18(19(22)26)12(3)13(4)28-21/h5-8,11,15H,9-10H2,1-4H3,(H2,22,26)(H,23,27). The summed E-state index contributed by atoms with van der Waals surface area (Å²) in [4.78, 5) is 39.6. The van der Waals surface area contributed by atoms with Crippen LogP contribution in [-0.2, 0) is 9.59 Å². The van der Waals surface area contributed by atoms with Gasteiger partial charge in [0, 0.05) is 23.5 Å². The van der Waals surface area contributed by atoms with Gasteiger partial charge in [0.05, 0.1) is 11.5 Å². The third kappa shape index (κ3) is 3.80. The topological polar surface area (TPSA) is 92.5 Å². The highest BCUT2D eigenvalue weighted by atomic mass is 32.1. The van der Waals surface area contributed by atoms with Crippen LogP contribution in [0.3, 0.4) is 0 Å². The van der Waals surface area contributed by atoms with E-state index >= 15 is 0 Å². The number of aryl methyl sites for hydroxylation is 1. The number of carbonyl (C=O) groups is 3. The summed E-state index contributed by atoms with van der Waals surface area (Å²) < 4.78 is 0. The van der Waals surface area contributed by atoms with Crippen molar-refractivity contribution in [3.05, 3.63) is 45.8 Å². The number of anilines is 2. The molecule has 2 heterocycles. The summed E-state index contributed by atoms with van der Waals surface area (Å²) in [5, 5.41) is 3.28. The van der Waals surface area contributed by atoms with Gasteiger partial charge in [-0.1, -0.05) is 26.0 Å². The number of hydrogen-bond acceptors (Lipinski definition) is 4. The Kier molecular flexibility index (Phi) is 5.56. The van der Waals surface area contributed by atoms with Crippen LogP contribution in [0.1, 0.15) is 52.5 Å².